The summed E-state index contributed by atoms with van der Waals surface area (Å²) < 4.78 is 18.6. The number of nitriles is 1. The van der Waals surface area contributed by atoms with Gasteiger partial charge in [-0.05, 0) is 30.3 Å². The van der Waals surface area contributed by atoms with E-state index in [0.29, 0.717) is 0 Å². The molecule has 1 N–H and O–H groups in total. The zero-order chi connectivity index (χ0) is 11.4. The first-order chi connectivity index (χ1) is 7.79. The van der Waals surface area contributed by atoms with E-state index in [0.717, 1.165) is 11.8 Å². The van der Waals surface area contributed by atoms with E-state index in [2.05, 4.69) is 4.98 Å². The first-order valence-electron chi connectivity index (χ1n) is 4.74. The van der Waals surface area contributed by atoms with Crippen molar-refractivity contribution in [2.75, 3.05) is 0 Å². The van der Waals surface area contributed by atoms with Gasteiger partial charge in [-0.1, -0.05) is 0 Å². The number of H-pyrrole nitrogens is 1. The Bertz CT molecular complexity index is 514. The van der Waals surface area contributed by atoms with Crippen LogP contribution in [-0.2, 0) is 6.61 Å². The molecule has 3 nitrogen and oxygen atoms in total. The van der Waals surface area contributed by atoms with E-state index in [1.165, 1.54) is 12.1 Å². The lowest BCUT2D eigenvalue weighted by molar-refractivity contribution is 0.286. The van der Waals surface area contributed by atoms with Crippen molar-refractivity contribution in [1.82, 2.24) is 4.98 Å². The molecule has 2 aromatic rings. The molecule has 1 heterocycles. The standard InChI is InChI=1S/C12H9FN2O/c13-11-6-9(7-14)3-4-12(11)16-8-10-2-1-5-15-10/h1-6,15H,8H2. The Balaban J connectivity index is 2.08. The molecule has 0 aliphatic heterocycles. The number of rotatable bonds is 3. The minimum atomic E-state index is -0.523. The normalized spacial score (nSPS) is 9.75. The molecule has 16 heavy (non-hydrogen) atoms. The van der Waals surface area contributed by atoms with Crippen LogP contribution >= 0.6 is 0 Å². The average molecular weight is 216 g/mol. The Labute approximate surface area is 92.1 Å². The van der Waals surface area contributed by atoms with Crippen molar-refractivity contribution in [1.29, 1.82) is 5.26 Å². The van der Waals surface area contributed by atoms with Crippen LogP contribution in [0.4, 0.5) is 4.39 Å². The Morgan fingerprint density at radius 2 is 2.25 bits per heavy atom. The molecule has 0 spiro atoms. The molecule has 1 aromatic heterocycles. The summed E-state index contributed by atoms with van der Waals surface area (Å²) in [6.07, 6.45) is 1.77. The van der Waals surface area contributed by atoms with Gasteiger partial charge in [-0.3, -0.25) is 0 Å². The highest BCUT2D eigenvalue weighted by Crippen LogP contribution is 2.18. The van der Waals surface area contributed by atoms with Crippen LogP contribution in [0.1, 0.15) is 11.3 Å². The third-order valence-corrected chi connectivity index (χ3v) is 2.11. The first-order valence-corrected chi connectivity index (χ1v) is 4.74. The third kappa shape index (κ3) is 2.20. The number of ether oxygens (including phenoxy) is 1. The molecular weight excluding hydrogens is 207 g/mol. The molecule has 0 radical (unpaired) electrons. The molecule has 0 amide bonds. The van der Waals surface area contributed by atoms with E-state index in [1.54, 1.807) is 6.20 Å². The Kier molecular flexibility index (Phi) is 2.88. The van der Waals surface area contributed by atoms with Crippen molar-refractivity contribution in [2.45, 2.75) is 6.61 Å². The van der Waals surface area contributed by atoms with E-state index >= 15 is 0 Å². The predicted octanol–water partition coefficient (Wildman–Crippen LogP) is 2.60. The smallest absolute Gasteiger partial charge is 0.166 e. The molecule has 4 heteroatoms. The summed E-state index contributed by atoms with van der Waals surface area (Å²) in [7, 11) is 0. The van der Waals surface area contributed by atoms with Crippen LogP contribution < -0.4 is 4.74 Å². The lowest BCUT2D eigenvalue weighted by atomic mass is 10.2. The van der Waals surface area contributed by atoms with Gasteiger partial charge < -0.3 is 9.72 Å². The lowest BCUT2D eigenvalue weighted by Crippen LogP contribution is -1.97. The fourth-order valence-electron chi connectivity index (χ4n) is 1.30. The van der Waals surface area contributed by atoms with Crippen LogP contribution in [0.2, 0.25) is 0 Å². The number of nitrogens with one attached hydrogen (secondary N) is 1. The zero-order valence-electron chi connectivity index (χ0n) is 8.40. The van der Waals surface area contributed by atoms with E-state index in [1.807, 2.05) is 18.2 Å². The molecule has 0 unspecified atom stereocenters. The largest absolute Gasteiger partial charge is 0.484 e. The van der Waals surface area contributed by atoms with Crippen molar-refractivity contribution < 1.29 is 9.13 Å². The lowest BCUT2D eigenvalue weighted by Gasteiger charge is -2.05. The number of aromatic amines is 1. The maximum Gasteiger partial charge on any atom is 0.166 e. The van der Waals surface area contributed by atoms with Gasteiger partial charge in [0.15, 0.2) is 11.6 Å². The Morgan fingerprint density at radius 1 is 1.38 bits per heavy atom. The second kappa shape index (κ2) is 4.49. The zero-order valence-corrected chi connectivity index (χ0v) is 8.40. The van der Waals surface area contributed by atoms with Gasteiger partial charge in [-0.2, -0.15) is 5.26 Å². The summed E-state index contributed by atoms with van der Waals surface area (Å²) >= 11 is 0. The quantitative estimate of drug-likeness (QED) is 0.857. The van der Waals surface area contributed by atoms with Crippen molar-refractivity contribution >= 4 is 0 Å². The number of halogens is 1. The summed E-state index contributed by atoms with van der Waals surface area (Å²) in [5.74, 6) is -0.376. The molecule has 0 saturated carbocycles. The van der Waals surface area contributed by atoms with E-state index in [4.69, 9.17) is 10.00 Å². The SMILES string of the molecule is N#Cc1ccc(OCc2ccc[nH]2)c(F)c1. The molecule has 0 aliphatic rings. The van der Waals surface area contributed by atoms with Crippen LogP contribution in [0.15, 0.2) is 36.5 Å². The molecule has 0 saturated heterocycles. The monoisotopic (exact) mass is 216 g/mol. The molecular formula is C12H9FN2O. The Morgan fingerprint density at radius 3 is 2.88 bits per heavy atom. The van der Waals surface area contributed by atoms with Crippen molar-refractivity contribution in [3.8, 4) is 11.8 Å². The third-order valence-electron chi connectivity index (χ3n) is 2.11. The minimum absolute atomic E-state index is 0.147. The summed E-state index contributed by atoms with van der Waals surface area (Å²) in [5.41, 5.74) is 1.15. The molecule has 0 fully saturated rings. The highest BCUT2D eigenvalue weighted by Gasteiger charge is 2.04. The molecule has 80 valence electrons. The maximum absolute atomic E-state index is 13.4. The van der Waals surface area contributed by atoms with Crippen molar-refractivity contribution in [3.05, 3.63) is 53.6 Å². The van der Waals surface area contributed by atoms with Gasteiger partial charge in [0.2, 0.25) is 0 Å². The summed E-state index contributed by atoms with van der Waals surface area (Å²) in [6, 6.07) is 9.69. The highest BCUT2D eigenvalue weighted by molar-refractivity contribution is 5.36. The molecule has 2 rings (SSSR count). The van der Waals surface area contributed by atoms with Crippen LogP contribution in [0, 0.1) is 17.1 Å². The fourth-order valence-corrected chi connectivity index (χ4v) is 1.30. The van der Waals surface area contributed by atoms with Gasteiger partial charge in [-0.25, -0.2) is 4.39 Å². The molecule has 1 aromatic carbocycles. The van der Waals surface area contributed by atoms with Crippen molar-refractivity contribution in [2.24, 2.45) is 0 Å². The minimum Gasteiger partial charge on any atom is -0.484 e. The summed E-state index contributed by atoms with van der Waals surface area (Å²) in [4.78, 5) is 2.95. The van der Waals surface area contributed by atoms with Crippen LogP contribution in [-0.4, -0.2) is 4.98 Å². The van der Waals surface area contributed by atoms with Gasteiger partial charge in [0, 0.05) is 6.20 Å². The van der Waals surface area contributed by atoms with E-state index < -0.39 is 5.82 Å². The second-order valence-corrected chi connectivity index (χ2v) is 3.24. The maximum atomic E-state index is 13.4. The van der Waals surface area contributed by atoms with Gasteiger partial charge in [0.05, 0.1) is 17.3 Å². The number of hydrogen-bond donors (Lipinski definition) is 1. The summed E-state index contributed by atoms with van der Waals surface area (Å²) in [5, 5.41) is 8.57. The number of aromatic nitrogens is 1. The number of benzene rings is 1. The number of hydrogen-bond acceptors (Lipinski definition) is 2. The molecule has 0 atom stereocenters. The Hall–Kier alpha value is -2.28. The van der Waals surface area contributed by atoms with E-state index in [-0.39, 0.29) is 17.9 Å². The topological polar surface area (TPSA) is 48.8 Å². The highest BCUT2D eigenvalue weighted by atomic mass is 19.1. The summed E-state index contributed by atoms with van der Waals surface area (Å²) in [6.45, 7) is 0.274. The van der Waals surface area contributed by atoms with Crippen LogP contribution in [0.25, 0.3) is 0 Å². The molecule has 0 bridgehead atoms. The van der Waals surface area contributed by atoms with Gasteiger partial charge in [0.1, 0.15) is 6.61 Å². The first kappa shape index (κ1) is 10.2. The fraction of sp³-hybridized carbons (Fsp3) is 0.0833. The van der Waals surface area contributed by atoms with Crippen molar-refractivity contribution in [3.63, 3.8) is 0 Å². The van der Waals surface area contributed by atoms with E-state index in [9.17, 15) is 4.39 Å². The van der Waals surface area contributed by atoms with Gasteiger partial charge in [0.25, 0.3) is 0 Å². The average Bonchev–Trinajstić information content (AvgIpc) is 2.80. The second-order valence-electron chi connectivity index (χ2n) is 3.24. The number of nitrogens with zero attached hydrogens (tertiary/aromatic N) is 1. The van der Waals surface area contributed by atoms with Crippen LogP contribution in [0.5, 0.6) is 5.75 Å². The van der Waals surface area contributed by atoms with Gasteiger partial charge >= 0.3 is 0 Å². The predicted molar refractivity (Wildman–Crippen MR) is 56.2 cm³/mol. The van der Waals surface area contributed by atoms with Crippen LogP contribution in [0.3, 0.4) is 0 Å². The van der Waals surface area contributed by atoms with Gasteiger partial charge in [-0.15, -0.1) is 0 Å². The molecule has 0 aliphatic carbocycles.